The van der Waals surface area contributed by atoms with Crippen LogP contribution in [0.25, 0.3) is 0 Å². The van der Waals surface area contributed by atoms with Gasteiger partial charge in [0, 0.05) is 19.4 Å². The molecule has 0 aliphatic heterocycles. The first kappa shape index (κ1) is 15.5. The SMILES string of the molecule is CCN(C(C)=O)C1(C(=O)O)CCCCC1c1ccccc1. The molecule has 4 heteroatoms. The van der Waals surface area contributed by atoms with Crippen LogP contribution in [0.4, 0.5) is 0 Å². The molecule has 1 aliphatic rings. The maximum atomic E-state index is 12.2. The van der Waals surface area contributed by atoms with E-state index in [1.54, 1.807) is 4.90 Å². The summed E-state index contributed by atoms with van der Waals surface area (Å²) < 4.78 is 0. The molecule has 0 bridgehead atoms. The highest BCUT2D eigenvalue weighted by Gasteiger charge is 2.52. The van der Waals surface area contributed by atoms with Gasteiger partial charge in [-0.25, -0.2) is 4.79 Å². The van der Waals surface area contributed by atoms with E-state index in [-0.39, 0.29) is 11.8 Å². The Morgan fingerprint density at radius 1 is 1.29 bits per heavy atom. The first-order valence-corrected chi connectivity index (χ1v) is 7.60. The van der Waals surface area contributed by atoms with Crippen molar-refractivity contribution < 1.29 is 14.7 Å². The number of hydrogen-bond donors (Lipinski definition) is 1. The number of nitrogens with zero attached hydrogens (tertiary/aromatic N) is 1. The van der Waals surface area contributed by atoms with Gasteiger partial charge >= 0.3 is 5.97 Å². The van der Waals surface area contributed by atoms with Crippen molar-refractivity contribution in [2.75, 3.05) is 6.54 Å². The first-order valence-electron chi connectivity index (χ1n) is 7.60. The van der Waals surface area contributed by atoms with Gasteiger partial charge in [-0.2, -0.15) is 0 Å². The monoisotopic (exact) mass is 289 g/mol. The molecule has 4 nitrogen and oxygen atoms in total. The summed E-state index contributed by atoms with van der Waals surface area (Å²) >= 11 is 0. The summed E-state index contributed by atoms with van der Waals surface area (Å²) in [6, 6.07) is 9.74. The molecule has 0 heterocycles. The van der Waals surface area contributed by atoms with E-state index < -0.39 is 11.5 Å². The molecular formula is C17H23NO3. The molecule has 0 radical (unpaired) electrons. The molecule has 1 aliphatic carbocycles. The largest absolute Gasteiger partial charge is 0.479 e. The van der Waals surface area contributed by atoms with Gasteiger partial charge in [0.2, 0.25) is 5.91 Å². The van der Waals surface area contributed by atoms with Crippen LogP contribution < -0.4 is 0 Å². The van der Waals surface area contributed by atoms with E-state index in [4.69, 9.17) is 0 Å². The summed E-state index contributed by atoms with van der Waals surface area (Å²) in [7, 11) is 0. The molecule has 0 saturated heterocycles. The van der Waals surface area contributed by atoms with Crippen molar-refractivity contribution in [1.82, 2.24) is 4.90 Å². The Labute approximate surface area is 125 Å². The number of aliphatic carboxylic acids is 1. The zero-order chi connectivity index (χ0) is 15.5. The van der Waals surface area contributed by atoms with Crippen LogP contribution >= 0.6 is 0 Å². The molecule has 2 unspecified atom stereocenters. The Hall–Kier alpha value is -1.84. The number of rotatable bonds is 4. The fourth-order valence-corrected chi connectivity index (χ4v) is 3.76. The van der Waals surface area contributed by atoms with Gasteiger partial charge in [0.05, 0.1) is 0 Å². The van der Waals surface area contributed by atoms with Crippen LogP contribution in [0.15, 0.2) is 30.3 Å². The number of carboxylic acids is 1. The van der Waals surface area contributed by atoms with Crippen LogP contribution in [-0.2, 0) is 9.59 Å². The van der Waals surface area contributed by atoms with E-state index in [0.717, 1.165) is 24.8 Å². The fraction of sp³-hybridized carbons (Fsp3) is 0.529. The normalized spacial score (nSPS) is 25.3. The zero-order valence-electron chi connectivity index (χ0n) is 12.7. The summed E-state index contributed by atoms with van der Waals surface area (Å²) in [5.74, 6) is -1.19. The van der Waals surface area contributed by atoms with E-state index in [9.17, 15) is 14.7 Å². The Bertz CT molecular complexity index is 514. The standard InChI is InChI=1S/C17H23NO3/c1-3-18(13(2)19)17(16(20)21)12-8-7-11-15(17)14-9-5-4-6-10-14/h4-6,9-10,15H,3,7-8,11-12H2,1-2H3,(H,20,21). The maximum Gasteiger partial charge on any atom is 0.330 e. The first-order chi connectivity index (χ1) is 10.0. The fourth-order valence-electron chi connectivity index (χ4n) is 3.76. The predicted octanol–water partition coefficient (Wildman–Crippen LogP) is 3.04. The number of benzene rings is 1. The predicted molar refractivity (Wildman–Crippen MR) is 81.1 cm³/mol. The molecule has 2 rings (SSSR count). The summed E-state index contributed by atoms with van der Waals surface area (Å²) in [5.41, 5.74) is -0.0977. The number of likely N-dealkylation sites (N-methyl/N-ethyl adjacent to an activating group) is 1. The van der Waals surface area contributed by atoms with Crippen molar-refractivity contribution in [1.29, 1.82) is 0 Å². The number of carbonyl (C=O) groups excluding carboxylic acids is 1. The van der Waals surface area contributed by atoms with E-state index in [1.165, 1.54) is 6.92 Å². The Balaban J connectivity index is 2.54. The second kappa shape index (κ2) is 6.29. The molecule has 0 spiro atoms. The quantitative estimate of drug-likeness (QED) is 0.927. The smallest absolute Gasteiger partial charge is 0.330 e. The molecule has 1 aromatic rings. The lowest BCUT2D eigenvalue weighted by Gasteiger charge is -2.48. The van der Waals surface area contributed by atoms with E-state index in [1.807, 2.05) is 37.3 Å². The van der Waals surface area contributed by atoms with Crippen LogP contribution in [0.3, 0.4) is 0 Å². The minimum atomic E-state index is -1.11. The van der Waals surface area contributed by atoms with Crippen molar-refractivity contribution in [3.63, 3.8) is 0 Å². The van der Waals surface area contributed by atoms with Crippen LogP contribution in [0.2, 0.25) is 0 Å². The van der Waals surface area contributed by atoms with Gasteiger partial charge in [-0.05, 0) is 25.3 Å². The van der Waals surface area contributed by atoms with Crippen LogP contribution in [-0.4, -0.2) is 34.0 Å². The summed E-state index contributed by atoms with van der Waals surface area (Å²) in [5, 5.41) is 9.98. The summed E-state index contributed by atoms with van der Waals surface area (Å²) in [4.78, 5) is 25.7. The van der Waals surface area contributed by atoms with Crippen molar-refractivity contribution in [3.05, 3.63) is 35.9 Å². The highest BCUT2D eigenvalue weighted by Crippen LogP contribution is 2.45. The van der Waals surface area contributed by atoms with Gasteiger partial charge in [0.1, 0.15) is 5.54 Å². The van der Waals surface area contributed by atoms with Gasteiger partial charge < -0.3 is 10.0 Å². The second-order valence-corrected chi connectivity index (χ2v) is 5.70. The third-order valence-electron chi connectivity index (χ3n) is 4.63. The van der Waals surface area contributed by atoms with Gasteiger partial charge in [-0.1, -0.05) is 43.2 Å². The average Bonchev–Trinajstić information content (AvgIpc) is 2.48. The lowest BCUT2D eigenvalue weighted by molar-refractivity contribution is -0.163. The molecular weight excluding hydrogens is 266 g/mol. The topological polar surface area (TPSA) is 57.6 Å². The molecule has 1 aromatic carbocycles. The van der Waals surface area contributed by atoms with Crippen molar-refractivity contribution in [2.45, 2.75) is 51.0 Å². The van der Waals surface area contributed by atoms with Gasteiger partial charge in [0.15, 0.2) is 0 Å². The van der Waals surface area contributed by atoms with Crippen LogP contribution in [0, 0.1) is 0 Å². The van der Waals surface area contributed by atoms with Gasteiger partial charge in [0.25, 0.3) is 0 Å². The number of carbonyl (C=O) groups is 2. The third-order valence-corrected chi connectivity index (χ3v) is 4.63. The van der Waals surface area contributed by atoms with Crippen LogP contribution in [0.5, 0.6) is 0 Å². The highest BCUT2D eigenvalue weighted by atomic mass is 16.4. The molecule has 21 heavy (non-hydrogen) atoms. The molecule has 0 aromatic heterocycles. The minimum absolute atomic E-state index is 0.145. The Morgan fingerprint density at radius 2 is 1.95 bits per heavy atom. The molecule has 1 fully saturated rings. The van der Waals surface area contributed by atoms with E-state index in [0.29, 0.717) is 13.0 Å². The lowest BCUT2D eigenvalue weighted by atomic mass is 9.68. The summed E-state index contributed by atoms with van der Waals surface area (Å²) in [6.45, 7) is 3.73. The highest BCUT2D eigenvalue weighted by molar-refractivity contribution is 5.87. The number of hydrogen-bond acceptors (Lipinski definition) is 2. The Kier molecular flexibility index (Phi) is 4.66. The van der Waals surface area contributed by atoms with Gasteiger partial charge in [-0.15, -0.1) is 0 Å². The van der Waals surface area contributed by atoms with Crippen molar-refractivity contribution >= 4 is 11.9 Å². The molecule has 2 atom stereocenters. The lowest BCUT2D eigenvalue weighted by Crippen LogP contribution is -2.61. The van der Waals surface area contributed by atoms with E-state index in [2.05, 4.69) is 0 Å². The van der Waals surface area contributed by atoms with Crippen molar-refractivity contribution in [3.8, 4) is 0 Å². The maximum absolute atomic E-state index is 12.2. The van der Waals surface area contributed by atoms with E-state index >= 15 is 0 Å². The average molecular weight is 289 g/mol. The molecule has 114 valence electrons. The minimum Gasteiger partial charge on any atom is -0.479 e. The van der Waals surface area contributed by atoms with Gasteiger partial charge in [-0.3, -0.25) is 4.79 Å². The number of carboxylic acid groups (broad SMARTS) is 1. The summed E-state index contributed by atoms with van der Waals surface area (Å²) in [6.07, 6.45) is 3.18. The third kappa shape index (κ3) is 2.67. The number of amides is 1. The van der Waals surface area contributed by atoms with Crippen molar-refractivity contribution in [2.24, 2.45) is 0 Å². The Morgan fingerprint density at radius 3 is 2.48 bits per heavy atom. The molecule has 1 N–H and O–H groups in total. The second-order valence-electron chi connectivity index (χ2n) is 5.70. The molecule has 1 saturated carbocycles. The van der Waals surface area contributed by atoms with Crippen LogP contribution in [0.1, 0.15) is 51.0 Å². The zero-order valence-corrected chi connectivity index (χ0v) is 12.7. The molecule has 1 amide bonds.